The lowest BCUT2D eigenvalue weighted by molar-refractivity contribution is -0.127. The highest BCUT2D eigenvalue weighted by Crippen LogP contribution is 2.18. The van der Waals surface area contributed by atoms with Gasteiger partial charge >= 0.3 is 0 Å². The lowest BCUT2D eigenvalue weighted by atomic mass is 10.4. The maximum absolute atomic E-state index is 11.8. The Kier molecular flexibility index (Phi) is 5.50. The van der Waals surface area contributed by atoms with Crippen molar-refractivity contribution < 1.29 is 4.79 Å². The number of nitrogens with zero attached hydrogens (tertiary/aromatic N) is 3. The van der Waals surface area contributed by atoms with Gasteiger partial charge in [0.25, 0.3) is 0 Å². The largest absolute Gasteiger partial charge is 0.343 e. The molecule has 0 fully saturated rings. The Morgan fingerprint density at radius 1 is 1.53 bits per heavy atom. The van der Waals surface area contributed by atoms with Gasteiger partial charge in [0.15, 0.2) is 0 Å². The summed E-state index contributed by atoms with van der Waals surface area (Å²) < 4.78 is 0. The van der Waals surface area contributed by atoms with Crippen LogP contribution in [0.2, 0.25) is 0 Å². The molecule has 0 radical (unpaired) electrons. The molecular weight excluding hydrogens is 234 g/mol. The molecule has 17 heavy (non-hydrogen) atoms. The van der Waals surface area contributed by atoms with Gasteiger partial charge in [0.1, 0.15) is 11.8 Å². The first-order chi connectivity index (χ1) is 8.21. The number of carbonyl (C=O) groups excluding carboxylic acids is 1. The summed E-state index contributed by atoms with van der Waals surface area (Å²) in [5, 5.41) is 8.71. The van der Waals surface area contributed by atoms with E-state index in [0.29, 0.717) is 11.4 Å². The molecule has 0 N–H and O–H groups in total. The van der Waals surface area contributed by atoms with Crippen molar-refractivity contribution in [3.8, 4) is 6.07 Å². The first kappa shape index (κ1) is 13.5. The van der Waals surface area contributed by atoms with Gasteiger partial charge in [-0.25, -0.2) is 4.98 Å². The van der Waals surface area contributed by atoms with Gasteiger partial charge in [-0.15, -0.1) is 11.8 Å². The van der Waals surface area contributed by atoms with Gasteiger partial charge in [-0.1, -0.05) is 0 Å². The molecule has 0 atom stereocenters. The van der Waals surface area contributed by atoms with E-state index in [9.17, 15) is 4.79 Å². The molecule has 1 aromatic rings. The summed E-state index contributed by atoms with van der Waals surface area (Å²) in [4.78, 5) is 18.3. The molecule has 0 bridgehead atoms. The fraction of sp³-hybridized carbons (Fsp3) is 0.417. The zero-order valence-electron chi connectivity index (χ0n) is 10.0. The molecule has 5 heteroatoms. The number of carbonyl (C=O) groups is 1. The number of hydrogen-bond donors (Lipinski definition) is 0. The van der Waals surface area contributed by atoms with Gasteiger partial charge in [0, 0.05) is 24.2 Å². The predicted octanol–water partition coefficient (Wildman–Crippen LogP) is 1.91. The Hall–Kier alpha value is -1.54. The summed E-state index contributed by atoms with van der Waals surface area (Å²) in [5.74, 6) is 0.520. The molecule has 0 aromatic carbocycles. The maximum Gasteiger partial charge on any atom is 0.232 e. The van der Waals surface area contributed by atoms with E-state index in [2.05, 4.69) is 4.98 Å². The van der Waals surface area contributed by atoms with E-state index < -0.39 is 0 Å². The van der Waals surface area contributed by atoms with E-state index in [0.717, 1.165) is 18.0 Å². The minimum absolute atomic E-state index is 0.121. The topological polar surface area (TPSA) is 57.0 Å². The molecule has 0 spiro atoms. The van der Waals surface area contributed by atoms with E-state index in [1.165, 1.54) is 11.8 Å². The van der Waals surface area contributed by atoms with Crippen molar-refractivity contribution in [3.63, 3.8) is 0 Å². The van der Waals surface area contributed by atoms with Crippen LogP contribution in [0.5, 0.6) is 0 Å². The van der Waals surface area contributed by atoms with E-state index in [4.69, 9.17) is 5.26 Å². The molecule has 1 heterocycles. The highest BCUT2D eigenvalue weighted by Gasteiger charge is 2.09. The molecule has 0 saturated heterocycles. The van der Waals surface area contributed by atoms with E-state index in [1.807, 2.05) is 19.9 Å². The summed E-state index contributed by atoms with van der Waals surface area (Å²) in [6.07, 6.45) is 1.59. The summed E-state index contributed by atoms with van der Waals surface area (Å²) in [6.45, 7) is 5.39. The third-order valence-corrected chi connectivity index (χ3v) is 3.30. The molecule has 1 rings (SSSR count). The number of rotatable bonds is 5. The number of nitriles is 1. The van der Waals surface area contributed by atoms with Crippen LogP contribution < -0.4 is 0 Å². The van der Waals surface area contributed by atoms with Crippen LogP contribution in [0, 0.1) is 11.3 Å². The number of aromatic nitrogens is 1. The Bertz CT molecular complexity index is 424. The van der Waals surface area contributed by atoms with Crippen molar-refractivity contribution in [2.45, 2.75) is 18.7 Å². The van der Waals surface area contributed by atoms with Crippen molar-refractivity contribution in [3.05, 3.63) is 24.0 Å². The maximum atomic E-state index is 11.8. The van der Waals surface area contributed by atoms with Crippen LogP contribution in [0.4, 0.5) is 0 Å². The molecule has 0 unspecified atom stereocenters. The second kappa shape index (κ2) is 6.92. The molecule has 1 amide bonds. The molecule has 4 nitrogen and oxygen atoms in total. The zero-order valence-corrected chi connectivity index (χ0v) is 10.8. The molecule has 0 aliphatic rings. The van der Waals surface area contributed by atoms with E-state index in [-0.39, 0.29) is 5.91 Å². The van der Waals surface area contributed by atoms with Gasteiger partial charge in [-0.05, 0) is 26.0 Å². The van der Waals surface area contributed by atoms with Crippen molar-refractivity contribution in [1.29, 1.82) is 5.26 Å². The Morgan fingerprint density at radius 3 is 2.82 bits per heavy atom. The SMILES string of the molecule is CCN(CC)C(=O)CSc1ccnc(C#N)c1. The highest BCUT2D eigenvalue weighted by molar-refractivity contribution is 8.00. The average Bonchev–Trinajstić information content (AvgIpc) is 2.38. The fourth-order valence-corrected chi connectivity index (χ4v) is 2.20. The standard InChI is InChI=1S/C12H15N3OS/c1-3-15(4-2)12(16)9-17-11-5-6-14-10(7-11)8-13/h5-7H,3-4,9H2,1-2H3. The first-order valence-electron chi connectivity index (χ1n) is 5.48. The molecular formula is C12H15N3OS. The van der Waals surface area contributed by atoms with Crippen molar-refractivity contribution >= 4 is 17.7 Å². The first-order valence-corrected chi connectivity index (χ1v) is 6.46. The summed E-state index contributed by atoms with van der Waals surface area (Å²) in [6, 6.07) is 5.48. The van der Waals surface area contributed by atoms with Crippen LogP contribution in [0.25, 0.3) is 0 Å². The van der Waals surface area contributed by atoms with Gasteiger partial charge in [-0.2, -0.15) is 5.26 Å². The molecule has 1 aromatic heterocycles. The Balaban J connectivity index is 2.55. The number of hydrogen-bond acceptors (Lipinski definition) is 4. The third-order valence-electron chi connectivity index (χ3n) is 2.32. The molecule has 0 saturated carbocycles. The van der Waals surface area contributed by atoms with Crippen LogP contribution in [0.15, 0.2) is 23.2 Å². The quantitative estimate of drug-likeness (QED) is 0.748. The lowest BCUT2D eigenvalue weighted by Crippen LogP contribution is -2.31. The third kappa shape index (κ3) is 4.08. The minimum atomic E-state index is 0.121. The second-order valence-corrected chi connectivity index (χ2v) is 4.39. The summed E-state index contributed by atoms with van der Waals surface area (Å²) in [7, 11) is 0. The molecule has 0 aliphatic carbocycles. The van der Waals surface area contributed by atoms with Crippen LogP contribution in [-0.4, -0.2) is 34.6 Å². The fourth-order valence-electron chi connectivity index (χ4n) is 1.37. The lowest BCUT2D eigenvalue weighted by Gasteiger charge is -2.18. The average molecular weight is 249 g/mol. The zero-order chi connectivity index (χ0) is 12.7. The second-order valence-electron chi connectivity index (χ2n) is 3.34. The molecule has 0 aliphatic heterocycles. The van der Waals surface area contributed by atoms with Gasteiger partial charge < -0.3 is 4.90 Å². The smallest absolute Gasteiger partial charge is 0.232 e. The number of pyridine rings is 1. The molecule has 90 valence electrons. The van der Waals surface area contributed by atoms with Crippen molar-refractivity contribution in [1.82, 2.24) is 9.88 Å². The number of thioether (sulfide) groups is 1. The van der Waals surface area contributed by atoms with Crippen LogP contribution in [-0.2, 0) is 4.79 Å². The van der Waals surface area contributed by atoms with Crippen LogP contribution >= 0.6 is 11.8 Å². The van der Waals surface area contributed by atoms with Crippen LogP contribution in [0.1, 0.15) is 19.5 Å². The summed E-state index contributed by atoms with van der Waals surface area (Å²) in [5.41, 5.74) is 0.380. The summed E-state index contributed by atoms with van der Waals surface area (Å²) >= 11 is 1.43. The predicted molar refractivity (Wildman–Crippen MR) is 67.6 cm³/mol. The highest BCUT2D eigenvalue weighted by atomic mass is 32.2. The monoisotopic (exact) mass is 249 g/mol. The van der Waals surface area contributed by atoms with Crippen LogP contribution in [0.3, 0.4) is 0 Å². The normalized spacial score (nSPS) is 9.71. The Morgan fingerprint density at radius 2 is 2.24 bits per heavy atom. The Labute approximate surface area is 106 Å². The van der Waals surface area contributed by atoms with Gasteiger partial charge in [0.2, 0.25) is 5.91 Å². The minimum Gasteiger partial charge on any atom is -0.343 e. The van der Waals surface area contributed by atoms with Gasteiger partial charge in [-0.3, -0.25) is 4.79 Å². The van der Waals surface area contributed by atoms with E-state index in [1.54, 1.807) is 23.2 Å². The van der Waals surface area contributed by atoms with E-state index >= 15 is 0 Å². The van der Waals surface area contributed by atoms with Crippen molar-refractivity contribution in [2.75, 3.05) is 18.8 Å². The van der Waals surface area contributed by atoms with Crippen molar-refractivity contribution in [2.24, 2.45) is 0 Å². The number of amides is 1. The van der Waals surface area contributed by atoms with Gasteiger partial charge in [0.05, 0.1) is 5.75 Å².